The first kappa shape index (κ1) is 11.1. The highest BCUT2D eigenvalue weighted by molar-refractivity contribution is 5.84. The van der Waals surface area contributed by atoms with Gasteiger partial charge in [-0.15, -0.1) is 5.10 Å². The van der Waals surface area contributed by atoms with Gasteiger partial charge in [-0.05, 0) is 25.9 Å². The molecule has 6 nitrogen and oxygen atoms in total. The van der Waals surface area contributed by atoms with Crippen molar-refractivity contribution in [2.75, 3.05) is 26.7 Å². The van der Waals surface area contributed by atoms with E-state index in [4.69, 9.17) is 0 Å². The molecule has 1 aromatic heterocycles. The second-order valence-corrected chi connectivity index (χ2v) is 3.87. The van der Waals surface area contributed by atoms with Crippen molar-refractivity contribution in [2.24, 2.45) is 0 Å². The summed E-state index contributed by atoms with van der Waals surface area (Å²) in [7, 11) is 1.33. The van der Waals surface area contributed by atoms with Crippen LogP contribution in [0.25, 0.3) is 0 Å². The van der Waals surface area contributed by atoms with Crippen LogP contribution in [0.3, 0.4) is 0 Å². The number of methoxy groups -OCH3 is 1. The van der Waals surface area contributed by atoms with E-state index >= 15 is 0 Å². The van der Waals surface area contributed by atoms with Gasteiger partial charge in [0.05, 0.1) is 13.7 Å². The summed E-state index contributed by atoms with van der Waals surface area (Å²) in [5.41, 5.74) is 0. The molecule has 1 saturated heterocycles. The van der Waals surface area contributed by atoms with Crippen LogP contribution in [0.2, 0.25) is 0 Å². The molecule has 1 aromatic rings. The molecule has 0 atom stereocenters. The molecule has 0 radical (unpaired) electrons. The maximum absolute atomic E-state index is 11.1. The Kier molecular flexibility index (Phi) is 3.51. The Morgan fingerprint density at radius 2 is 2.19 bits per heavy atom. The van der Waals surface area contributed by atoms with Gasteiger partial charge in [-0.25, -0.2) is 9.78 Å². The topological polar surface area (TPSA) is 60.2 Å². The van der Waals surface area contributed by atoms with E-state index in [9.17, 15) is 4.79 Å². The summed E-state index contributed by atoms with van der Waals surface area (Å²) in [5, 5.41) is 4.05. The number of nitrogens with zero attached hydrogens (tertiary/aromatic N) is 4. The molecule has 16 heavy (non-hydrogen) atoms. The predicted molar refractivity (Wildman–Crippen MR) is 57.0 cm³/mol. The summed E-state index contributed by atoms with van der Waals surface area (Å²) in [6.07, 6.45) is 4.14. The number of rotatable bonds is 4. The summed E-state index contributed by atoms with van der Waals surface area (Å²) < 4.78 is 6.22. The number of hydrogen-bond donors (Lipinski definition) is 0. The Morgan fingerprint density at radius 1 is 1.44 bits per heavy atom. The fourth-order valence-electron chi connectivity index (χ4n) is 1.84. The van der Waals surface area contributed by atoms with Crippen molar-refractivity contribution in [1.29, 1.82) is 0 Å². The third-order valence-electron chi connectivity index (χ3n) is 2.75. The lowest BCUT2D eigenvalue weighted by Gasteiger charge is -2.13. The number of ether oxygens (including phenoxy) is 1. The molecule has 0 aromatic carbocycles. The lowest BCUT2D eigenvalue weighted by atomic mass is 10.4. The number of esters is 1. The normalized spacial score (nSPS) is 16.6. The Hall–Kier alpha value is -1.43. The number of likely N-dealkylation sites (tertiary alicyclic amines) is 1. The standard InChI is InChI=1S/C10H16N4O2/c1-16-10(15)9-11-8-14(12-9)7-6-13-4-2-3-5-13/h8H,2-7H2,1H3. The zero-order chi connectivity index (χ0) is 11.4. The number of carbonyl (C=O) groups excluding carboxylic acids is 1. The average molecular weight is 224 g/mol. The molecule has 0 aliphatic carbocycles. The van der Waals surface area contributed by atoms with Crippen LogP contribution < -0.4 is 0 Å². The van der Waals surface area contributed by atoms with Gasteiger partial charge in [0.25, 0.3) is 5.82 Å². The van der Waals surface area contributed by atoms with Crippen LogP contribution >= 0.6 is 0 Å². The molecule has 2 heterocycles. The van der Waals surface area contributed by atoms with E-state index in [2.05, 4.69) is 19.7 Å². The highest BCUT2D eigenvalue weighted by Gasteiger charge is 2.13. The molecule has 0 saturated carbocycles. The van der Waals surface area contributed by atoms with E-state index in [0.29, 0.717) is 0 Å². The SMILES string of the molecule is COC(=O)c1ncn(CCN2CCCC2)n1. The Bertz CT molecular complexity index is 357. The highest BCUT2D eigenvalue weighted by atomic mass is 16.5. The summed E-state index contributed by atoms with van der Waals surface area (Å²) in [4.78, 5) is 17.4. The number of hydrogen-bond acceptors (Lipinski definition) is 5. The van der Waals surface area contributed by atoms with Gasteiger partial charge in [0.1, 0.15) is 6.33 Å². The molecule has 0 bridgehead atoms. The van der Waals surface area contributed by atoms with Crippen molar-refractivity contribution in [3.63, 3.8) is 0 Å². The molecule has 1 aliphatic heterocycles. The monoisotopic (exact) mass is 224 g/mol. The number of carbonyl (C=O) groups is 1. The van der Waals surface area contributed by atoms with Gasteiger partial charge in [-0.1, -0.05) is 0 Å². The Labute approximate surface area is 94.2 Å². The van der Waals surface area contributed by atoms with Crippen molar-refractivity contribution in [2.45, 2.75) is 19.4 Å². The second-order valence-electron chi connectivity index (χ2n) is 3.87. The fraction of sp³-hybridized carbons (Fsp3) is 0.700. The van der Waals surface area contributed by atoms with Crippen LogP contribution in [0.15, 0.2) is 6.33 Å². The first-order chi connectivity index (χ1) is 7.79. The Morgan fingerprint density at radius 3 is 2.88 bits per heavy atom. The van der Waals surface area contributed by atoms with E-state index in [1.165, 1.54) is 33.0 Å². The summed E-state index contributed by atoms with van der Waals surface area (Å²) >= 11 is 0. The van der Waals surface area contributed by atoms with Crippen LogP contribution in [-0.4, -0.2) is 52.4 Å². The average Bonchev–Trinajstić information content (AvgIpc) is 2.96. The zero-order valence-corrected chi connectivity index (χ0v) is 9.43. The lowest BCUT2D eigenvalue weighted by Crippen LogP contribution is -2.24. The van der Waals surface area contributed by atoms with E-state index in [1.54, 1.807) is 11.0 Å². The second kappa shape index (κ2) is 5.07. The van der Waals surface area contributed by atoms with Gasteiger partial charge < -0.3 is 9.64 Å². The van der Waals surface area contributed by atoms with Gasteiger partial charge in [-0.3, -0.25) is 4.68 Å². The lowest BCUT2D eigenvalue weighted by molar-refractivity contribution is 0.0586. The largest absolute Gasteiger partial charge is 0.463 e. The highest BCUT2D eigenvalue weighted by Crippen LogP contribution is 2.06. The van der Waals surface area contributed by atoms with Gasteiger partial charge in [0, 0.05) is 6.54 Å². The molecule has 1 fully saturated rings. The molecule has 0 amide bonds. The van der Waals surface area contributed by atoms with Crippen molar-refractivity contribution < 1.29 is 9.53 Å². The smallest absolute Gasteiger partial charge is 0.377 e. The maximum Gasteiger partial charge on any atom is 0.377 e. The van der Waals surface area contributed by atoms with Crippen molar-refractivity contribution >= 4 is 5.97 Å². The first-order valence-electron chi connectivity index (χ1n) is 5.50. The predicted octanol–water partition coefficient (Wildman–Crippen LogP) is 0.160. The molecule has 88 valence electrons. The molecule has 0 N–H and O–H groups in total. The van der Waals surface area contributed by atoms with Crippen LogP contribution in [0.1, 0.15) is 23.5 Å². The molecule has 6 heteroatoms. The minimum Gasteiger partial charge on any atom is -0.463 e. The number of aromatic nitrogens is 3. The van der Waals surface area contributed by atoms with Crippen molar-refractivity contribution in [3.8, 4) is 0 Å². The van der Waals surface area contributed by atoms with Crippen LogP contribution in [0.4, 0.5) is 0 Å². The molecule has 0 unspecified atom stereocenters. The molecular weight excluding hydrogens is 208 g/mol. The van der Waals surface area contributed by atoms with Crippen LogP contribution in [0, 0.1) is 0 Å². The van der Waals surface area contributed by atoms with E-state index in [1.807, 2.05) is 0 Å². The molecule has 0 spiro atoms. The van der Waals surface area contributed by atoms with Crippen LogP contribution in [-0.2, 0) is 11.3 Å². The fourth-order valence-corrected chi connectivity index (χ4v) is 1.84. The van der Waals surface area contributed by atoms with Gasteiger partial charge in [-0.2, -0.15) is 0 Å². The first-order valence-corrected chi connectivity index (χ1v) is 5.50. The van der Waals surface area contributed by atoms with E-state index in [0.717, 1.165) is 13.1 Å². The van der Waals surface area contributed by atoms with Crippen molar-refractivity contribution in [1.82, 2.24) is 19.7 Å². The summed E-state index contributed by atoms with van der Waals surface area (Å²) in [6.45, 7) is 4.06. The summed E-state index contributed by atoms with van der Waals surface area (Å²) in [6, 6.07) is 0. The minimum atomic E-state index is -0.486. The van der Waals surface area contributed by atoms with E-state index < -0.39 is 5.97 Å². The van der Waals surface area contributed by atoms with E-state index in [-0.39, 0.29) is 5.82 Å². The maximum atomic E-state index is 11.1. The Balaban J connectivity index is 1.85. The zero-order valence-electron chi connectivity index (χ0n) is 9.43. The summed E-state index contributed by atoms with van der Waals surface area (Å²) in [5.74, 6) is -0.358. The van der Waals surface area contributed by atoms with Gasteiger partial charge in [0.2, 0.25) is 0 Å². The van der Waals surface area contributed by atoms with Gasteiger partial charge >= 0.3 is 5.97 Å². The van der Waals surface area contributed by atoms with Crippen molar-refractivity contribution in [3.05, 3.63) is 12.2 Å². The molecular formula is C10H16N4O2. The van der Waals surface area contributed by atoms with Crippen LogP contribution in [0.5, 0.6) is 0 Å². The molecule has 2 rings (SSSR count). The minimum absolute atomic E-state index is 0.129. The third-order valence-corrected chi connectivity index (χ3v) is 2.75. The van der Waals surface area contributed by atoms with Gasteiger partial charge in [0.15, 0.2) is 0 Å². The molecule has 1 aliphatic rings. The quantitative estimate of drug-likeness (QED) is 0.682. The third kappa shape index (κ3) is 2.57.